The van der Waals surface area contributed by atoms with Gasteiger partial charge in [-0.1, -0.05) is 12.1 Å². The molecule has 0 bridgehead atoms. The average Bonchev–Trinajstić information content (AvgIpc) is 2.73. The van der Waals surface area contributed by atoms with Crippen LogP contribution in [0.3, 0.4) is 0 Å². The van der Waals surface area contributed by atoms with Crippen molar-refractivity contribution in [2.75, 3.05) is 5.32 Å². The van der Waals surface area contributed by atoms with Crippen LogP contribution in [0.4, 0.5) is 14.9 Å². The Kier molecular flexibility index (Phi) is 6.30. The van der Waals surface area contributed by atoms with Crippen molar-refractivity contribution in [3.63, 3.8) is 0 Å². The van der Waals surface area contributed by atoms with E-state index in [-0.39, 0.29) is 17.8 Å². The van der Waals surface area contributed by atoms with Gasteiger partial charge >= 0.3 is 6.03 Å². The van der Waals surface area contributed by atoms with Gasteiger partial charge in [0.2, 0.25) is 0 Å². The summed E-state index contributed by atoms with van der Waals surface area (Å²) in [6, 6.07) is 15.8. The number of hydrogen-bond acceptors (Lipinski definition) is 3. The van der Waals surface area contributed by atoms with Crippen LogP contribution in [0.2, 0.25) is 0 Å². The molecule has 3 amide bonds. The molecular formula is C21H19FN4O2. The summed E-state index contributed by atoms with van der Waals surface area (Å²) >= 11 is 0. The first kappa shape index (κ1) is 19.0. The second-order valence-corrected chi connectivity index (χ2v) is 6.05. The molecule has 6 nitrogen and oxygen atoms in total. The lowest BCUT2D eigenvalue weighted by Crippen LogP contribution is -2.28. The van der Waals surface area contributed by atoms with E-state index in [2.05, 4.69) is 20.9 Å². The van der Waals surface area contributed by atoms with Crippen LogP contribution in [0.1, 0.15) is 21.5 Å². The molecule has 1 heterocycles. The van der Waals surface area contributed by atoms with Gasteiger partial charge in [-0.2, -0.15) is 0 Å². The fourth-order valence-corrected chi connectivity index (χ4v) is 2.45. The molecule has 0 radical (unpaired) electrons. The predicted octanol–water partition coefficient (Wildman–Crippen LogP) is 3.47. The molecule has 28 heavy (non-hydrogen) atoms. The largest absolute Gasteiger partial charge is 0.348 e. The summed E-state index contributed by atoms with van der Waals surface area (Å²) in [6.07, 6.45) is 3.32. The zero-order chi connectivity index (χ0) is 19.8. The van der Waals surface area contributed by atoms with Crippen LogP contribution < -0.4 is 16.0 Å². The first-order chi connectivity index (χ1) is 13.6. The number of amides is 3. The highest BCUT2D eigenvalue weighted by Crippen LogP contribution is 2.10. The van der Waals surface area contributed by atoms with Gasteiger partial charge in [-0.05, 0) is 59.7 Å². The second-order valence-electron chi connectivity index (χ2n) is 6.05. The number of carbonyl (C=O) groups is 2. The molecular weight excluding hydrogens is 359 g/mol. The number of rotatable bonds is 6. The van der Waals surface area contributed by atoms with E-state index >= 15 is 0 Å². The highest BCUT2D eigenvalue weighted by molar-refractivity contribution is 5.95. The molecule has 0 aliphatic carbocycles. The molecule has 0 aliphatic rings. The molecule has 2 aromatic carbocycles. The van der Waals surface area contributed by atoms with Crippen molar-refractivity contribution in [1.29, 1.82) is 0 Å². The predicted molar refractivity (Wildman–Crippen MR) is 104 cm³/mol. The van der Waals surface area contributed by atoms with Crippen molar-refractivity contribution in [1.82, 2.24) is 15.6 Å². The van der Waals surface area contributed by atoms with Crippen LogP contribution in [0.15, 0.2) is 73.1 Å². The zero-order valence-corrected chi connectivity index (χ0v) is 15.0. The minimum Gasteiger partial charge on any atom is -0.348 e. The van der Waals surface area contributed by atoms with Gasteiger partial charge in [0.05, 0.1) is 0 Å². The van der Waals surface area contributed by atoms with Crippen LogP contribution in [-0.2, 0) is 13.1 Å². The lowest BCUT2D eigenvalue weighted by atomic mass is 10.1. The van der Waals surface area contributed by atoms with Gasteiger partial charge < -0.3 is 16.0 Å². The first-order valence-corrected chi connectivity index (χ1v) is 8.66. The van der Waals surface area contributed by atoms with E-state index in [0.29, 0.717) is 24.3 Å². The van der Waals surface area contributed by atoms with Crippen LogP contribution in [-0.4, -0.2) is 16.9 Å². The topological polar surface area (TPSA) is 83.1 Å². The highest BCUT2D eigenvalue weighted by atomic mass is 19.1. The molecule has 3 aromatic rings. The van der Waals surface area contributed by atoms with Crippen molar-refractivity contribution < 1.29 is 14.0 Å². The van der Waals surface area contributed by atoms with Gasteiger partial charge in [0.1, 0.15) is 5.82 Å². The number of nitrogens with one attached hydrogen (secondary N) is 3. The van der Waals surface area contributed by atoms with Crippen molar-refractivity contribution in [2.24, 2.45) is 0 Å². The third-order valence-electron chi connectivity index (χ3n) is 3.97. The summed E-state index contributed by atoms with van der Waals surface area (Å²) in [7, 11) is 0. The Hall–Kier alpha value is -3.74. The SMILES string of the molecule is O=C(NCc1ccncc1)Nc1ccc(C(=O)NCc2ccc(F)cc2)cc1. The van der Waals surface area contributed by atoms with E-state index in [4.69, 9.17) is 0 Å². The quantitative estimate of drug-likeness (QED) is 0.614. The number of benzene rings is 2. The zero-order valence-electron chi connectivity index (χ0n) is 15.0. The van der Waals surface area contributed by atoms with Crippen LogP contribution in [0.5, 0.6) is 0 Å². The maximum atomic E-state index is 12.9. The Labute approximate surface area is 161 Å². The number of aromatic nitrogens is 1. The van der Waals surface area contributed by atoms with E-state index in [0.717, 1.165) is 11.1 Å². The normalized spacial score (nSPS) is 10.2. The van der Waals surface area contributed by atoms with Crippen molar-refractivity contribution in [3.8, 4) is 0 Å². The smallest absolute Gasteiger partial charge is 0.319 e. The number of carbonyl (C=O) groups excluding carboxylic acids is 2. The summed E-state index contributed by atoms with van der Waals surface area (Å²) in [6.45, 7) is 0.689. The Morgan fingerprint density at radius 1 is 0.786 bits per heavy atom. The summed E-state index contributed by atoms with van der Waals surface area (Å²) in [5.74, 6) is -0.569. The first-order valence-electron chi connectivity index (χ1n) is 8.66. The number of hydrogen-bond donors (Lipinski definition) is 3. The standard InChI is InChI=1S/C21H19FN4O2/c22-18-5-1-15(2-6-18)13-24-20(27)17-3-7-19(8-4-17)26-21(28)25-14-16-9-11-23-12-10-16/h1-12H,13-14H2,(H,24,27)(H2,25,26,28). The fraction of sp³-hybridized carbons (Fsp3) is 0.0952. The molecule has 0 spiro atoms. The third-order valence-corrected chi connectivity index (χ3v) is 3.97. The number of pyridine rings is 1. The van der Waals surface area contributed by atoms with Crippen LogP contribution in [0.25, 0.3) is 0 Å². The Morgan fingerprint density at radius 3 is 2.07 bits per heavy atom. The van der Waals surface area contributed by atoms with Crippen molar-refractivity contribution in [2.45, 2.75) is 13.1 Å². The number of anilines is 1. The molecule has 0 atom stereocenters. The van der Waals surface area contributed by atoms with Gasteiger partial charge in [0.15, 0.2) is 0 Å². The fourth-order valence-electron chi connectivity index (χ4n) is 2.45. The van der Waals surface area contributed by atoms with Gasteiger partial charge in [0, 0.05) is 36.7 Å². The van der Waals surface area contributed by atoms with Crippen molar-refractivity contribution >= 4 is 17.6 Å². The molecule has 0 saturated heterocycles. The van der Waals surface area contributed by atoms with Gasteiger partial charge in [-0.15, -0.1) is 0 Å². The van der Waals surface area contributed by atoms with Crippen molar-refractivity contribution in [3.05, 3.63) is 95.6 Å². The number of nitrogens with zero attached hydrogens (tertiary/aromatic N) is 1. The summed E-state index contributed by atoms with van der Waals surface area (Å²) in [5, 5.41) is 8.22. The lowest BCUT2D eigenvalue weighted by molar-refractivity contribution is 0.0951. The molecule has 3 N–H and O–H groups in total. The van der Waals surface area contributed by atoms with Crippen LogP contribution >= 0.6 is 0 Å². The summed E-state index contributed by atoms with van der Waals surface area (Å²) in [4.78, 5) is 28.1. The highest BCUT2D eigenvalue weighted by Gasteiger charge is 2.07. The Bertz CT molecular complexity index is 929. The van der Waals surface area contributed by atoms with Gasteiger partial charge in [-0.25, -0.2) is 9.18 Å². The molecule has 1 aromatic heterocycles. The average molecular weight is 378 g/mol. The summed E-state index contributed by atoms with van der Waals surface area (Å²) in [5.41, 5.74) is 2.78. The van der Waals surface area contributed by atoms with E-state index in [9.17, 15) is 14.0 Å². The van der Waals surface area contributed by atoms with Gasteiger partial charge in [0.25, 0.3) is 5.91 Å². The van der Waals surface area contributed by atoms with E-state index in [1.165, 1.54) is 12.1 Å². The molecule has 3 rings (SSSR count). The van der Waals surface area contributed by atoms with Crippen LogP contribution in [0, 0.1) is 5.82 Å². The third kappa shape index (κ3) is 5.63. The molecule has 0 aliphatic heterocycles. The second kappa shape index (κ2) is 9.27. The lowest BCUT2D eigenvalue weighted by Gasteiger charge is -2.09. The monoisotopic (exact) mass is 378 g/mol. The Balaban J connectivity index is 1.47. The minimum atomic E-state index is -0.342. The molecule has 0 unspecified atom stereocenters. The molecule has 7 heteroatoms. The minimum absolute atomic E-state index is 0.252. The maximum Gasteiger partial charge on any atom is 0.319 e. The number of urea groups is 1. The Morgan fingerprint density at radius 2 is 1.39 bits per heavy atom. The maximum absolute atomic E-state index is 12.9. The van der Waals surface area contributed by atoms with Gasteiger partial charge in [-0.3, -0.25) is 9.78 Å². The molecule has 142 valence electrons. The molecule has 0 fully saturated rings. The summed E-state index contributed by atoms with van der Waals surface area (Å²) < 4.78 is 12.9. The molecule has 0 saturated carbocycles. The van der Waals surface area contributed by atoms with E-state index < -0.39 is 0 Å². The number of halogens is 1. The van der Waals surface area contributed by atoms with E-state index in [1.54, 1.807) is 48.8 Å². The van der Waals surface area contributed by atoms with E-state index in [1.807, 2.05) is 12.1 Å².